The van der Waals surface area contributed by atoms with Crippen LogP contribution < -0.4 is 10.1 Å². The van der Waals surface area contributed by atoms with Crippen molar-refractivity contribution >= 4 is 17.4 Å². The summed E-state index contributed by atoms with van der Waals surface area (Å²) in [6.45, 7) is 0. The largest absolute Gasteiger partial charge is 0.497 e. The molecule has 0 bridgehead atoms. The maximum absolute atomic E-state index is 13.2. The lowest BCUT2D eigenvalue weighted by atomic mass is 9.90. The number of carbonyl (C=O) groups excluding carboxylic acids is 1. The van der Waals surface area contributed by atoms with Gasteiger partial charge in [-0.15, -0.1) is 0 Å². The molecule has 29 heavy (non-hydrogen) atoms. The second-order valence-electron chi connectivity index (χ2n) is 6.56. The Hall–Kier alpha value is -3.54. The summed E-state index contributed by atoms with van der Waals surface area (Å²) in [4.78, 5) is 17.1. The molecule has 3 aromatic rings. The minimum atomic E-state index is -0.685. The maximum atomic E-state index is 13.2. The van der Waals surface area contributed by atoms with Crippen molar-refractivity contribution in [2.45, 2.75) is 12.8 Å². The molecule has 0 fully saturated rings. The first kappa shape index (κ1) is 20.2. The van der Waals surface area contributed by atoms with E-state index in [9.17, 15) is 9.18 Å². The molecule has 0 spiro atoms. The molecule has 1 unspecified atom stereocenters. The van der Waals surface area contributed by atoms with Gasteiger partial charge in [-0.25, -0.2) is 9.37 Å². The molecule has 0 radical (unpaired) electrons. The summed E-state index contributed by atoms with van der Waals surface area (Å²) < 4.78 is 18.3. The Morgan fingerprint density at radius 3 is 2.45 bits per heavy atom. The summed E-state index contributed by atoms with van der Waals surface area (Å²) in [6.07, 6.45) is 2.55. The molecule has 0 aliphatic heterocycles. The predicted octanol–water partition coefficient (Wildman–Crippen LogP) is 4.48. The number of nitrogens with zero attached hydrogens (tertiary/aromatic N) is 1. The van der Waals surface area contributed by atoms with Gasteiger partial charge in [-0.1, -0.05) is 18.2 Å². The van der Waals surface area contributed by atoms with Gasteiger partial charge in [0.25, 0.3) is 0 Å². The Labute approximate surface area is 169 Å². The maximum Gasteiger partial charge on any atom is 0.234 e. The van der Waals surface area contributed by atoms with Crippen LogP contribution >= 0.6 is 0 Å². The van der Waals surface area contributed by atoms with Gasteiger partial charge >= 0.3 is 0 Å². The molecule has 0 saturated heterocycles. The topological polar surface area (TPSA) is 75.1 Å². The molecular formula is C23H22FN3O2. The number of nitrogens with one attached hydrogen (secondary N) is 2. The monoisotopic (exact) mass is 391 g/mol. The average Bonchev–Trinajstić information content (AvgIpc) is 2.76. The summed E-state index contributed by atoms with van der Waals surface area (Å²) in [5.74, 6) is -0.166. The van der Waals surface area contributed by atoms with Crippen molar-refractivity contribution in [2.24, 2.45) is 5.92 Å². The minimum absolute atomic E-state index is 0.211. The molecule has 0 saturated carbocycles. The van der Waals surface area contributed by atoms with Gasteiger partial charge in [0.1, 0.15) is 17.4 Å². The predicted molar refractivity (Wildman–Crippen MR) is 111 cm³/mol. The van der Waals surface area contributed by atoms with E-state index in [1.54, 1.807) is 67.9 Å². The molecule has 1 aromatic heterocycles. The lowest BCUT2D eigenvalue weighted by molar-refractivity contribution is -0.118. The Morgan fingerprint density at radius 2 is 1.83 bits per heavy atom. The minimum Gasteiger partial charge on any atom is -0.497 e. The van der Waals surface area contributed by atoms with E-state index in [0.29, 0.717) is 30.0 Å². The number of ether oxygens (including phenoxy) is 1. The number of aromatic nitrogens is 1. The van der Waals surface area contributed by atoms with E-state index < -0.39 is 5.92 Å². The van der Waals surface area contributed by atoms with Crippen molar-refractivity contribution in [2.75, 3.05) is 12.4 Å². The third-order valence-electron chi connectivity index (χ3n) is 4.62. The Morgan fingerprint density at radius 1 is 1.10 bits per heavy atom. The van der Waals surface area contributed by atoms with Crippen LogP contribution in [0.3, 0.4) is 0 Å². The van der Waals surface area contributed by atoms with Crippen LogP contribution in [0.2, 0.25) is 0 Å². The first-order valence-corrected chi connectivity index (χ1v) is 9.26. The van der Waals surface area contributed by atoms with Gasteiger partial charge < -0.3 is 15.5 Å². The van der Waals surface area contributed by atoms with E-state index in [-0.39, 0.29) is 17.4 Å². The van der Waals surface area contributed by atoms with Crippen molar-refractivity contribution in [3.05, 3.63) is 89.9 Å². The fraction of sp³-hybridized carbons (Fsp3) is 0.174. The molecular weight excluding hydrogens is 369 g/mol. The second-order valence-corrected chi connectivity index (χ2v) is 6.56. The SMILES string of the molecule is COc1ccc(C(=N)C(CCc2ccc(F)cc2)C(=O)Nc2ccccn2)cc1. The average molecular weight is 391 g/mol. The normalized spacial score (nSPS) is 11.5. The molecule has 2 aromatic carbocycles. The van der Waals surface area contributed by atoms with E-state index in [1.807, 2.05) is 0 Å². The van der Waals surface area contributed by atoms with Crippen LogP contribution in [0.5, 0.6) is 5.75 Å². The van der Waals surface area contributed by atoms with Crippen LogP contribution in [-0.2, 0) is 11.2 Å². The molecule has 5 nitrogen and oxygen atoms in total. The molecule has 1 atom stereocenters. The summed E-state index contributed by atoms with van der Waals surface area (Å²) >= 11 is 0. The number of aryl methyl sites for hydroxylation is 1. The first-order chi connectivity index (χ1) is 14.1. The Balaban J connectivity index is 1.79. The van der Waals surface area contributed by atoms with Crippen molar-refractivity contribution in [1.82, 2.24) is 4.98 Å². The third-order valence-corrected chi connectivity index (χ3v) is 4.62. The van der Waals surface area contributed by atoms with Crippen LogP contribution in [0.25, 0.3) is 0 Å². The number of rotatable bonds is 8. The standard InChI is InChI=1S/C23H22FN3O2/c1-29-19-12-8-17(9-13-19)22(25)20(14-7-16-5-10-18(24)11-6-16)23(28)27-21-4-2-3-15-26-21/h2-6,8-13,15,20,25H,7,14H2,1H3,(H,26,27,28). The molecule has 1 heterocycles. The highest BCUT2D eigenvalue weighted by Crippen LogP contribution is 2.20. The van der Waals surface area contributed by atoms with E-state index >= 15 is 0 Å². The van der Waals surface area contributed by atoms with Gasteiger partial charge in [0.05, 0.1) is 18.7 Å². The van der Waals surface area contributed by atoms with E-state index in [1.165, 1.54) is 12.1 Å². The quantitative estimate of drug-likeness (QED) is 0.556. The highest BCUT2D eigenvalue weighted by Gasteiger charge is 2.25. The first-order valence-electron chi connectivity index (χ1n) is 9.26. The smallest absolute Gasteiger partial charge is 0.234 e. The fourth-order valence-electron chi connectivity index (χ4n) is 2.99. The summed E-state index contributed by atoms with van der Waals surface area (Å²) in [5, 5.41) is 11.4. The van der Waals surface area contributed by atoms with Gasteiger partial charge in [0.2, 0.25) is 5.91 Å². The summed E-state index contributed by atoms with van der Waals surface area (Å²) in [6, 6.07) is 18.5. The zero-order valence-electron chi connectivity index (χ0n) is 16.1. The number of benzene rings is 2. The zero-order chi connectivity index (χ0) is 20.6. The van der Waals surface area contributed by atoms with Gasteiger partial charge in [0.15, 0.2) is 0 Å². The molecule has 2 N–H and O–H groups in total. The van der Waals surface area contributed by atoms with Crippen molar-refractivity contribution in [3.8, 4) is 5.75 Å². The molecule has 3 rings (SSSR count). The Kier molecular flexibility index (Phi) is 6.68. The molecule has 1 amide bonds. The van der Waals surface area contributed by atoms with Gasteiger partial charge in [-0.2, -0.15) is 0 Å². The molecule has 0 aliphatic rings. The van der Waals surface area contributed by atoms with Crippen molar-refractivity contribution in [3.63, 3.8) is 0 Å². The van der Waals surface area contributed by atoms with E-state index in [0.717, 1.165) is 5.56 Å². The number of hydrogen-bond donors (Lipinski definition) is 2. The Bertz CT molecular complexity index is 958. The molecule has 6 heteroatoms. The number of pyridine rings is 1. The second kappa shape index (κ2) is 9.59. The number of methoxy groups -OCH3 is 1. The summed E-state index contributed by atoms with van der Waals surface area (Å²) in [5.41, 5.74) is 1.76. The van der Waals surface area contributed by atoms with Gasteiger partial charge in [-0.05, 0) is 72.5 Å². The molecule has 148 valence electrons. The highest BCUT2D eigenvalue weighted by atomic mass is 19.1. The molecule has 0 aliphatic carbocycles. The van der Waals surface area contributed by atoms with Crippen molar-refractivity contribution in [1.29, 1.82) is 5.41 Å². The van der Waals surface area contributed by atoms with Gasteiger partial charge in [0, 0.05) is 6.20 Å². The van der Waals surface area contributed by atoms with Crippen LogP contribution in [0.1, 0.15) is 17.5 Å². The highest BCUT2D eigenvalue weighted by molar-refractivity contribution is 6.14. The number of amides is 1. The summed E-state index contributed by atoms with van der Waals surface area (Å²) in [7, 11) is 1.58. The number of carbonyl (C=O) groups is 1. The zero-order valence-corrected chi connectivity index (χ0v) is 16.1. The van der Waals surface area contributed by atoms with Crippen molar-refractivity contribution < 1.29 is 13.9 Å². The van der Waals surface area contributed by atoms with E-state index in [2.05, 4.69) is 10.3 Å². The van der Waals surface area contributed by atoms with Crippen LogP contribution in [0, 0.1) is 17.1 Å². The third kappa shape index (κ3) is 5.48. The lowest BCUT2D eigenvalue weighted by Crippen LogP contribution is -2.30. The van der Waals surface area contributed by atoms with Gasteiger partial charge in [-0.3, -0.25) is 4.79 Å². The number of halogens is 1. The van der Waals surface area contributed by atoms with Crippen LogP contribution in [0.4, 0.5) is 10.2 Å². The van der Waals surface area contributed by atoms with E-state index in [4.69, 9.17) is 10.1 Å². The lowest BCUT2D eigenvalue weighted by Gasteiger charge is -2.18. The fourth-order valence-corrected chi connectivity index (χ4v) is 2.99. The number of anilines is 1. The van der Waals surface area contributed by atoms with Crippen LogP contribution in [-0.4, -0.2) is 23.7 Å². The number of hydrogen-bond acceptors (Lipinski definition) is 4. The van der Waals surface area contributed by atoms with Crippen LogP contribution in [0.15, 0.2) is 72.9 Å².